The van der Waals surface area contributed by atoms with E-state index in [9.17, 15) is 13.2 Å². The first-order valence-corrected chi connectivity index (χ1v) is 9.76. The molecule has 150 valence electrons. The second-order valence-electron chi connectivity index (χ2n) is 7.35. The maximum Gasteiger partial charge on any atom is 0.417 e. The minimum Gasteiger partial charge on any atom is -0.328 e. The molecule has 3 aromatic carbocycles. The molecule has 0 amide bonds. The Labute approximate surface area is 168 Å². The maximum atomic E-state index is 13.1. The van der Waals surface area contributed by atoms with Crippen molar-refractivity contribution in [2.24, 2.45) is 5.10 Å². The number of benzene rings is 3. The summed E-state index contributed by atoms with van der Waals surface area (Å²) in [5, 5.41) is 8.71. The van der Waals surface area contributed by atoms with Crippen molar-refractivity contribution in [1.29, 1.82) is 0 Å². The molecular formula is C23H23F3N3+. The van der Waals surface area contributed by atoms with Gasteiger partial charge in [0.2, 0.25) is 0 Å². The molecule has 29 heavy (non-hydrogen) atoms. The Kier molecular flexibility index (Phi) is 5.53. The van der Waals surface area contributed by atoms with Crippen LogP contribution in [0.25, 0.3) is 10.8 Å². The molecule has 1 N–H and O–H groups in total. The molecule has 0 aliphatic carbocycles. The van der Waals surface area contributed by atoms with Crippen LogP contribution in [0, 0.1) is 0 Å². The lowest BCUT2D eigenvalue weighted by atomic mass is 10.0. The standard InChI is InChI=1S/C23H22F3N3/c24-23(25,26)22-11-4-2-7-19(22)16-27-29-14-12-28(13-15-29)17-20-9-5-8-18-6-1-3-10-21(18)20/h1-11,16H,12-15,17H2/p+1/b27-16-. The summed E-state index contributed by atoms with van der Waals surface area (Å²) < 4.78 is 39.3. The van der Waals surface area contributed by atoms with Crippen molar-refractivity contribution < 1.29 is 18.1 Å². The number of quaternary nitrogens is 1. The van der Waals surface area contributed by atoms with Crippen LogP contribution in [0.2, 0.25) is 0 Å². The Morgan fingerprint density at radius 1 is 0.897 bits per heavy atom. The number of rotatable bonds is 4. The molecule has 0 spiro atoms. The highest BCUT2D eigenvalue weighted by molar-refractivity contribution is 5.85. The van der Waals surface area contributed by atoms with Crippen LogP contribution < -0.4 is 4.90 Å². The summed E-state index contributed by atoms with van der Waals surface area (Å²) >= 11 is 0. The number of alkyl halides is 3. The van der Waals surface area contributed by atoms with Gasteiger partial charge in [-0.3, -0.25) is 5.01 Å². The molecule has 1 aliphatic heterocycles. The molecular weight excluding hydrogens is 375 g/mol. The van der Waals surface area contributed by atoms with Crippen LogP contribution in [0.15, 0.2) is 71.8 Å². The zero-order chi connectivity index (χ0) is 20.3. The Bertz CT molecular complexity index is 1000. The van der Waals surface area contributed by atoms with E-state index in [1.165, 1.54) is 39.6 Å². The number of fused-ring (bicyclic) bond motifs is 1. The number of hydrogen-bond donors (Lipinski definition) is 1. The molecule has 0 bridgehead atoms. The number of piperazine rings is 1. The summed E-state index contributed by atoms with van der Waals surface area (Å²) in [4.78, 5) is 1.46. The fourth-order valence-electron chi connectivity index (χ4n) is 3.83. The van der Waals surface area contributed by atoms with Crippen molar-refractivity contribution in [3.05, 3.63) is 83.4 Å². The monoisotopic (exact) mass is 398 g/mol. The number of nitrogens with zero attached hydrogens (tertiary/aromatic N) is 2. The Morgan fingerprint density at radius 3 is 2.38 bits per heavy atom. The number of hydrogen-bond acceptors (Lipinski definition) is 2. The predicted octanol–water partition coefficient (Wildman–Crippen LogP) is 3.59. The zero-order valence-electron chi connectivity index (χ0n) is 16.0. The van der Waals surface area contributed by atoms with E-state index in [0.29, 0.717) is 0 Å². The van der Waals surface area contributed by atoms with Gasteiger partial charge in [0.25, 0.3) is 0 Å². The fraction of sp³-hybridized carbons (Fsp3) is 0.261. The van der Waals surface area contributed by atoms with E-state index in [4.69, 9.17) is 0 Å². The van der Waals surface area contributed by atoms with Crippen molar-refractivity contribution >= 4 is 17.0 Å². The van der Waals surface area contributed by atoms with Crippen molar-refractivity contribution in [2.75, 3.05) is 26.2 Å². The van der Waals surface area contributed by atoms with E-state index in [-0.39, 0.29) is 5.56 Å². The Balaban J connectivity index is 1.38. The molecule has 1 heterocycles. The van der Waals surface area contributed by atoms with Gasteiger partial charge < -0.3 is 4.90 Å². The first-order valence-electron chi connectivity index (χ1n) is 9.76. The minimum absolute atomic E-state index is 0.102. The van der Waals surface area contributed by atoms with Crippen molar-refractivity contribution in [1.82, 2.24) is 5.01 Å². The van der Waals surface area contributed by atoms with Crippen LogP contribution in [-0.2, 0) is 12.7 Å². The first-order chi connectivity index (χ1) is 14.0. The van der Waals surface area contributed by atoms with Crippen molar-refractivity contribution in [3.8, 4) is 0 Å². The molecule has 6 heteroatoms. The van der Waals surface area contributed by atoms with E-state index in [1.54, 1.807) is 6.07 Å². The average Bonchev–Trinajstić information content (AvgIpc) is 2.73. The third-order valence-corrected chi connectivity index (χ3v) is 5.39. The van der Waals surface area contributed by atoms with Gasteiger partial charge in [-0.1, -0.05) is 60.7 Å². The third kappa shape index (κ3) is 4.59. The third-order valence-electron chi connectivity index (χ3n) is 5.39. The summed E-state index contributed by atoms with van der Waals surface area (Å²) in [7, 11) is 0. The number of nitrogens with one attached hydrogen (secondary N) is 1. The summed E-state index contributed by atoms with van der Waals surface area (Å²) in [6.45, 7) is 4.20. The average molecular weight is 398 g/mol. The van der Waals surface area contributed by atoms with E-state index in [0.717, 1.165) is 38.8 Å². The SMILES string of the molecule is FC(F)(F)c1ccccc1/C=N\N1CC[NH+](Cc2cccc3ccccc23)CC1. The lowest BCUT2D eigenvalue weighted by Crippen LogP contribution is -3.13. The van der Waals surface area contributed by atoms with Gasteiger partial charge in [0.1, 0.15) is 6.54 Å². The number of halogens is 3. The lowest BCUT2D eigenvalue weighted by Gasteiger charge is -2.30. The first kappa shape index (κ1) is 19.5. The summed E-state index contributed by atoms with van der Waals surface area (Å²) in [6.07, 6.45) is -3.04. The van der Waals surface area contributed by atoms with E-state index < -0.39 is 11.7 Å². The quantitative estimate of drug-likeness (QED) is 0.666. The van der Waals surface area contributed by atoms with Gasteiger partial charge >= 0.3 is 6.18 Å². The summed E-state index contributed by atoms with van der Waals surface area (Å²) in [5.41, 5.74) is 0.781. The molecule has 4 rings (SSSR count). The summed E-state index contributed by atoms with van der Waals surface area (Å²) in [5.74, 6) is 0. The van der Waals surface area contributed by atoms with Crippen LogP contribution in [0.1, 0.15) is 16.7 Å². The molecule has 0 atom stereocenters. The van der Waals surface area contributed by atoms with Crippen molar-refractivity contribution in [2.45, 2.75) is 12.7 Å². The largest absolute Gasteiger partial charge is 0.417 e. The predicted molar refractivity (Wildman–Crippen MR) is 109 cm³/mol. The van der Waals surface area contributed by atoms with E-state index >= 15 is 0 Å². The van der Waals surface area contributed by atoms with Crippen LogP contribution in [0.5, 0.6) is 0 Å². The second kappa shape index (κ2) is 8.25. The van der Waals surface area contributed by atoms with Gasteiger partial charge in [0.05, 0.1) is 38.0 Å². The Morgan fingerprint density at radius 2 is 1.59 bits per heavy atom. The molecule has 0 radical (unpaired) electrons. The van der Waals surface area contributed by atoms with Gasteiger partial charge in [-0.05, 0) is 16.8 Å². The number of hydrazone groups is 1. The van der Waals surface area contributed by atoms with Gasteiger partial charge in [-0.2, -0.15) is 18.3 Å². The van der Waals surface area contributed by atoms with Gasteiger partial charge in [0, 0.05) is 11.1 Å². The maximum absolute atomic E-state index is 13.1. The highest BCUT2D eigenvalue weighted by Gasteiger charge is 2.32. The van der Waals surface area contributed by atoms with Gasteiger partial charge in [-0.25, -0.2) is 0 Å². The van der Waals surface area contributed by atoms with E-state index in [1.807, 2.05) is 11.1 Å². The van der Waals surface area contributed by atoms with Gasteiger partial charge in [0.15, 0.2) is 0 Å². The minimum atomic E-state index is -4.37. The topological polar surface area (TPSA) is 20.0 Å². The zero-order valence-corrected chi connectivity index (χ0v) is 16.0. The smallest absolute Gasteiger partial charge is 0.328 e. The van der Waals surface area contributed by atoms with Crippen LogP contribution in [0.3, 0.4) is 0 Å². The molecule has 0 saturated carbocycles. The fourth-order valence-corrected chi connectivity index (χ4v) is 3.83. The molecule has 0 unspecified atom stereocenters. The molecule has 3 nitrogen and oxygen atoms in total. The molecule has 0 aromatic heterocycles. The lowest BCUT2D eigenvalue weighted by molar-refractivity contribution is -0.918. The normalized spacial score (nSPS) is 16.0. The van der Waals surface area contributed by atoms with Crippen LogP contribution >= 0.6 is 0 Å². The second-order valence-corrected chi connectivity index (χ2v) is 7.35. The molecule has 1 aliphatic rings. The van der Waals surface area contributed by atoms with Crippen molar-refractivity contribution in [3.63, 3.8) is 0 Å². The molecule has 1 saturated heterocycles. The molecule has 1 fully saturated rings. The van der Waals surface area contributed by atoms with Crippen LogP contribution in [-0.4, -0.2) is 37.4 Å². The summed E-state index contributed by atoms with van der Waals surface area (Å²) in [6, 6.07) is 20.3. The highest BCUT2D eigenvalue weighted by atomic mass is 19.4. The van der Waals surface area contributed by atoms with Crippen LogP contribution in [0.4, 0.5) is 13.2 Å². The van der Waals surface area contributed by atoms with E-state index in [2.05, 4.69) is 41.5 Å². The molecule has 3 aromatic rings. The van der Waals surface area contributed by atoms with Gasteiger partial charge in [-0.15, -0.1) is 0 Å². The highest BCUT2D eigenvalue weighted by Crippen LogP contribution is 2.31. The Hall–Kier alpha value is -2.86.